The van der Waals surface area contributed by atoms with Crippen LogP contribution in [0.5, 0.6) is 0 Å². The minimum absolute atomic E-state index is 0.0166. The summed E-state index contributed by atoms with van der Waals surface area (Å²) in [6, 6.07) is 8.70. The van der Waals surface area contributed by atoms with E-state index in [0.717, 1.165) is 69.8 Å². The van der Waals surface area contributed by atoms with Crippen LogP contribution in [0.2, 0.25) is 0 Å². The fourth-order valence-corrected chi connectivity index (χ4v) is 6.87. The van der Waals surface area contributed by atoms with Crippen molar-refractivity contribution in [3.8, 4) is 0 Å². The Kier molecular flexibility index (Phi) is 11.1. The predicted octanol–water partition coefficient (Wildman–Crippen LogP) is 5.26. The molecule has 0 radical (unpaired) electrons. The SMILES string of the molecule is CCCCC1CCCN1C(=O)C1CCCC(c2cccc(N/C(=C(\C=N)C(=O)OCC)C3CC3/C(N)=C/N(C)N)c2)C1. The normalized spacial score (nSPS) is 26.3. The fraction of sp³-hybridized carbons (Fsp3) is 0.606. The van der Waals surface area contributed by atoms with Crippen LogP contribution in [-0.2, 0) is 14.3 Å². The molecule has 6 N–H and O–H groups in total. The Bertz CT molecular complexity index is 1180. The number of nitrogens with zero attached hydrogens (tertiary/aromatic N) is 2. The fourth-order valence-electron chi connectivity index (χ4n) is 6.87. The zero-order valence-electron chi connectivity index (χ0n) is 25.6. The number of carbonyl (C=O) groups is 2. The quantitative estimate of drug-likeness (QED) is 0.0823. The number of ether oxygens (including phenoxy) is 1. The van der Waals surface area contributed by atoms with Crippen LogP contribution in [0.3, 0.4) is 0 Å². The first kappa shape index (κ1) is 31.6. The lowest BCUT2D eigenvalue weighted by molar-refractivity contribution is -0.138. The number of unbranched alkanes of at least 4 members (excludes halogenated alkanes) is 1. The molecule has 1 saturated heterocycles. The second-order valence-electron chi connectivity index (χ2n) is 12.2. The number of nitrogens with two attached hydrogens (primary N) is 2. The average Bonchev–Trinajstić information content (AvgIpc) is 3.65. The van der Waals surface area contributed by atoms with E-state index in [1.165, 1.54) is 23.4 Å². The highest BCUT2D eigenvalue weighted by atomic mass is 16.5. The molecule has 1 aromatic carbocycles. The Morgan fingerprint density at radius 2 is 1.98 bits per heavy atom. The summed E-state index contributed by atoms with van der Waals surface area (Å²) in [7, 11) is 1.71. The van der Waals surface area contributed by atoms with Gasteiger partial charge in [0.05, 0.1) is 12.2 Å². The summed E-state index contributed by atoms with van der Waals surface area (Å²) in [6.45, 7) is 5.10. The van der Waals surface area contributed by atoms with Crippen LogP contribution in [0.25, 0.3) is 0 Å². The van der Waals surface area contributed by atoms with Gasteiger partial charge < -0.3 is 31.1 Å². The number of amides is 1. The molecule has 9 nitrogen and oxygen atoms in total. The molecule has 0 bridgehead atoms. The third-order valence-corrected chi connectivity index (χ3v) is 9.08. The molecule has 230 valence electrons. The number of esters is 1. The number of nitrogens with one attached hydrogen (secondary N) is 2. The first-order valence-corrected chi connectivity index (χ1v) is 15.8. The van der Waals surface area contributed by atoms with Gasteiger partial charge in [0.2, 0.25) is 5.91 Å². The first-order valence-electron chi connectivity index (χ1n) is 15.8. The minimum Gasteiger partial charge on any atom is -0.462 e. The molecule has 1 heterocycles. The zero-order valence-corrected chi connectivity index (χ0v) is 25.6. The van der Waals surface area contributed by atoms with Gasteiger partial charge in [0.15, 0.2) is 0 Å². The first-order chi connectivity index (χ1) is 20.3. The smallest absolute Gasteiger partial charge is 0.341 e. The molecule has 42 heavy (non-hydrogen) atoms. The summed E-state index contributed by atoms with van der Waals surface area (Å²) in [5, 5.41) is 12.9. The largest absolute Gasteiger partial charge is 0.462 e. The monoisotopic (exact) mass is 578 g/mol. The van der Waals surface area contributed by atoms with E-state index in [0.29, 0.717) is 29.3 Å². The van der Waals surface area contributed by atoms with Gasteiger partial charge in [0.1, 0.15) is 0 Å². The van der Waals surface area contributed by atoms with Crippen molar-refractivity contribution in [2.75, 3.05) is 25.5 Å². The highest BCUT2D eigenvalue weighted by Crippen LogP contribution is 2.48. The van der Waals surface area contributed by atoms with Crippen LogP contribution < -0.4 is 16.9 Å². The molecule has 2 aliphatic carbocycles. The number of hydrazine groups is 1. The zero-order chi connectivity index (χ0) is 30.2. The van der Waals surface area contributed by atoms with Crippen molar-refractivity contribution < 1.29 is 14.3 Å². The number of benzene rings is 1. The van der Waals surface area contributed by atoms with E-state index in [1.54, 1.807) is 20.2 Å². The minimum atomic E-state index is -0.525. The average molecular weight is 579 g/mol. The van der Waals surface area contributed by atoms with Gasteiger partial charge in [0, 0.05) is 66.9 Å². The molecule has 0 aromatic heterocycles. The van der Waals surface area contributed by atoms with Crippen LogP contribution in [0.15, 0.2) is 47.4 Å². The Balaban J connectivity index is 1.52. The molecule has 9 heteroatoms. The topological polar surface area (TPSA) is 138 Å². The highest BCUT2D eigenvalue weighted by Gasteiger charge is 2.44. The van der Waals surface area contributed by atoms with Crippen molar-refractivity contribution in [1.82, 2.24) is 9.91 Å². The van der Waals surface area contributed by atoms with Crippen LogP contribution >= 0.6 is 0 Å². The van der Waals surface area contributed by atoms with Gasteiger partial charge in [-0.2, -0.15) is 0 Å². The third-order valence-electron chi connectivity index (χ3n) is 9.08. The molecule has 1 aromatic rings. The number of anilines is 1. The summed E-state index contributed by atoms with van der Waals surface area (Å²) in [4.78, 5) is 28.7. The number of hydrogen-bond acceptors (Lipinski definition) is 8. The standard InChI is InChI=1S/C33H50N6O3/c1-4-6-14-26-15-9-16-39(26)32(40)24-12-7-10-22(17-24)23-11-8-13-25(18-23)37-31(29(20-34)33(41)42-5-2)28-19-27(28)30(35)21-38(3)36/h8,11,13,18,20-22,24,26-28,34,37H,4-7,9-10,12,14-17,19,35-36H2,1-3H3/b30-21-,31-29+,34-20?. The Morgan fingerprint density at radius 3 is 2.69 bits per heavy atom. The van der Waals surface area contributed by atoms with E-state index in [9.17, 15) is 9.59 Å². The number of carbonyl (C=O) groups excluding carboxylic acids is 2. The molecule has 4 rings (SSSR count). The van der Waals surface area contributed by atoms with Crippen molar-refractivity contribution in [2.24, 2.45) is 29.3 Å². The Hall–Kier alpha value is -3.33. The maximum atomic E-state index is 13.6. The van der Waals surface area contributed by atoms with E-state index in [1.807, 2.05) is 12.1 Å². The summed E-state index contributed by atoms with van der Waals surface area (Å²) < 4.78 is 5.28. The molecule has 1 amide bonds. The molecule has 1 aliphatic heterocycles. The molecule has 3 aliphatic rings. The number of rotatable bonds is 13. The number of allylic oxidation sites excluding steroid dienone is 2. The molecule has 3 fully saturated rings. The van der Waals surface area contributed by atoms with Crippen molar-refractivity contribution in [3.63, 3.8) is 0 Å². The number of likely N-dealkylation sites (tertiary alicyclic amines) is 1. The molecule has 0 spiro atoms. The van der Waals surface area contributed by atoms with E-state index in [-0.39, 0.29) is 29.9 Å². The van der Waals surface area contributed by atoms with E-state index in [4.69, 9.17) is 21.7 Å². The lowest BCUT2D eigenvalue weighted by Gasteiger charge is -2.34. The van der Waals surface area contributed by atoms with Crippen molar-refractivity contribution in [2.45, 2.75) is 90.0 Å². The second kappa shape index (κ2) is 14.7. The lowest BCUT2D eigenvalue weighted by Crippen LogP contribution is -2.41. The molecular formula is C33H50N6O3. The maximum absolute atomic E-state index is 13.6. The summed E-state index contributed by atoms with van der Waals surface area (Å²) in [6.07, 6.45) is 13.2. The van der Waals surface area contributed by atoms with Crippen LogP contribution in [-0.4, -0.2) is 54.2 Å². The van der Waals surface area contributed by atoms with Crippen molar-refractivity contribution in [3.05, 3.63) is 53.0 Å². The van der Waals surface area contributed by atoms with E-state index >= 15 is 0 Å². The third kappa shape index (κ3) is 7.73. The van der Waals surface area contributed by atoms with Crippen molar-refractivity contribution >= 4 is 23.8 Å². The molecule has 5 unspecified atom stereocenters. The summed E-state index contributed by atoms with van der Waals surface area (Å²) in [5.41, 5.74) is 9.83. The van der Waals surface area contributed by atoms with Gasteiger partial charge in [-0.15, -0.1) is 0 Å². The number of hydrogen-bond donors (Lipinski definition) is 4. The van der Waals surface area contributed by atoms with Gasteiger partial charge in [-0.05, 0) is 75.5 Å². The van der Waals surface area contributed by atoms with Crippen LogP contribution in [0.1, 0.15) is 89.5 Å². The van der Waals surface area contributed by atoms with Gasteiger partial charge in [0.25, 0.3) is 0 Å². The summed E-state index contributed by atoms with van der Waals surface area (Å²) in [5.74, 6) is 5.95. The molecule has 5 atom stereocenters. The summed E-state index contributed by atoms with van der Waals surface area (Å²) >= 11 is 0. The Morgan fingerprint density at radius 1 is 1.17 bits per heavy atom. The maximum Gasteiger partial charge on any atom is 0.341 e. The van der Waals surface area contributed by atoms with Crippen LogP contribution in [0.4, 0.5) is 5.69 Å². The van der Waals surface area contributed by atoms with E-state index < -0.39 is 5.97 Å². The van der Waals surface area contributed by atoms with Crippen molar-refractivity contribution in [1.29, 1.82) is 5.41 Å². The van der Waals surface area contributed by atoms with Crippen LogP contribution in [0, 0.1) is 23.2 Å². The molecular weight excluding hydrogens is 528 g/mol. The van der Waals surface area contributed by atoms with Gasteiger partial charge in [-0.1, -0.05) is 38.3 Å². The van der Waals surface area contributed by atoms with Gasteiger partial charge in [-0.3, -0.25) is 4.79 Å². The lowest BCUT2D eigenvalue weighted by atomic mass is 9.77. The molecule has 2 saturated carbocycles. The predicted molar refractivity (Wildman–Crippen MR) is 167 cm³/mol. The van der Waals surface area contributed by atoms with Gasteiger partial charge >= 0.3 is 5.97 Å². The second-order valence-corrected chi connectivity index (χ2v) is 12.2. The highest BCUT2D eigenvalue weighted by molar-refractivity contribution is 6.09. The van der Waals surface area contributed by atoms with E-state index in [2.05, 4.69) is 29.3 Å². The van der Waals surface area contributed by atoms with Gasteiger partial charge in [-0.25, -0.2) is 10.6 Å². The Labute approximate surface area is 251 Å².